The van der Waals surface area contributed by atoms with Crippen LogP contribution in [0.4, 0.5) is 0 Å². The molecule has 1 N–H and O–H groups in total. The fourth-order valence-electron chi connectivity index (χ4n) is 1.99. The zero-order valence-corrected chi connectivity index (χ0v) is 8.03. The van der Waals surface area contributed by atoms with Gasteiger partial charge in [0.2, 0.25) is 0 Å². The first-order valence-corrected chi connectivity index (χ1v) is 4.70. The Hall–Kier alpha value is -0.160. The van der Waals surface area contributed by atoms with Crippen molar-refractivity contribution in [3.05, 3.63) is 0 Å². The fourth-order valence-corrected chi connectivity index (χ4v) is 1.99. The molecule has 0 saturated carbocycles. The highest BCUT2D eigenvalue weighted by atomic mass is 16.8. The van der Waals surface area contributed by atoms with Crippen LogP contribution in [0.3, 0.4) is 0 Å². The molecule has 4 heteroatoms. The molecular weight excluding hydrogens is 172 g/mol. The highest BCUT2D eigenvalue weighted by Gasteiger charge is 2.47. The molecular formula is C9H16O4. The van der Waals surface area contributed by atoms with Crippen molar-refractivity contribution in [3.63, 3.8) is 0 Å². The molecule has 2 aliphatic rings. The summed E-state index contributed by atoms with van der Waals surface area (Å²) in [5.41, 5.74) is 0. The van der Waals surface area contributed by atoms with E-state index in [4.69, 9.17) is 19.3 Å². The Kier molecular flexibility index (Phi) is 2.32. The normalized spacial score (nSPS) is 43.2. The largest absolute Gasteiger partial charge is 0.394 e. The van der Waals surface area contributed by atoms with Gasteiger partial charge in [-0.2, -0.15) is 0 Å². The first-order chi connectivity index (χ1) is 6.12. The molecule has 0 aromatic carbocycles. The van der Waals surface area contributed by atoms with E-state index < -0.39 is 5.79 Å². The molecule has 2 saturated heterocycles. The third-order valence-electron chi connectivity index (χ3n) is 2.50. The van der Waals surface area contributed by atoms with E-state index in [9.17, 15) is 0 Å². The highest BCUT2D eigenvalue weighted by molar-refractivity contribution is 4.89. The van der Waals surface area contributed by atoms with E-state index in [1.54, 1.807) is 0 Å². The number of fused-ring (bicyclic) bond motifs is 1. The van der Waals surface area contributed by atoms with E-state index in [0.717, 1.165) is 6.42 Å². The number of hydrogen-bond acceptors (Lipinski definition) is 4. The summed E-state index contributed by atoms with van der Waals surface area (Å²) < 4.78 is 16.7. The third kappa shape index (κ3) is 1.72. The van der Waals surface area contributed by atoms with E-state index >= 15 is 0 Å². The second-order valence-corrected chi connectivity index (χ2v) is 4.02. The van der Waals surface area contributed by atoms with Crippen molar-refractivity contribution < 1.29 is 19.3 Å². The topological polar surface area (TPSA) is 47.9 Å². The lowest BCUT2D eigenvalue weighted by molar-refractivity contribution is -0.157. The van der Waals surface area contributed by atoms with Gasteiger partial charge in [0.15, 0.2) is 5.79 Å². The van der Waals surface area contributed by atoms with Crippen molar-refractivity contribution in [2.75, 3.05) is 13.2 Å². The van der Waals surface area contributed by atoms with Crippen LogP contribution in [0.15, 0.2) is 0 Å². The van der Waals surface area contributed by atoms with E-state index in [1.165, 1.54) is 0 Å². The van der Waals surface area contributed by atoms with Crippen LogP contribution in [0.2, 0.25) is 0 Å². The predicted molar refractivity (Wildman–Crippen MR) is 45.3 cm³/mol. The zero-order chi connectivity index (χ0) is 9.47. The second kappa shape index (κ2) is 3.20. The quantitative estimate of drug-likeness (QED) is 0.642. The highest BCUT2D eigenvalue weighted by Crippen LogP contribution is 2.34. The van der Waals surface area contributed by atoms with Crippen molar-refractivity contribution in [2.24, 2.45) is 0 Å². The van der Waals surface area contributed by atoms with E-state index in [1.807, 2.05) is 13.8 Å². The molecule has 0 radical (unpaired) electrons. The van der Waals surface area contributed by atoms with Gasteiger partial charge < -0.3 is 19.3 Å². The summed E-state index contributed by atoms with van der Waals surface area (Å²) >= 11 is 0. The van der Waals surface area contributed by atoms with Crippen LogP contribution in [-0.2, 0) is 14.2 Å². The molecule has 0 spiro atoms. The molecule has 0 unspecified atom stereocenters. The van der Waals surface area contributed by atoms with Crippen molar-refractivity contribution in [1.82, 2.24) is 0 Å². The van der Waals surface area contributed by atoms with Gasteiger partial charge in [0, 0.05) is 6.61 Å². The SMILES string of the molecule is CC1(C)O[C@H]2[C@@H](CO)OCC[C@H]2O1. The maximum Gasteiger partial charge on any atom is 0.163 e. The van der Waals surface area contributed by atoms with Gasteiger partial charge >= 0.3 is 0 Å². The van der Waals surface area contributed by atoms with Crippen LogP contribution in [0.25, 0.3) is 0 Å². The Morgan fingerprint density at radius 2 is 2.15 bits per heavy atom. The Morgan fingerprint density at radius 1 is 1.38 bits per heavy atom. The number of ether oxygens (including phenoxy) is 3. The lowest BCUT2D eigenvalue weighted by Gasteiger charge is -2.29. The maximum absolute atomic E-state index is 9.05. The molecule has 0 aliphatic carbocycles. The molecule has 2 rings (SSSR count). The first kappa shape index (κ1) is 9.40. The molecule has 13 heavy (non-hydrogen) atoms. The fraction of sp³-hybridized carbons (Fsp3) is 1.00. The number of aliphatic hydroxyl groups is 1. The maximum atomic E-state index is 9.05. The summed E-state index contributed by atoms with van der Waals surface area (Å²) in [6.07, 6.45) is 0.611. The molecule has 0 bridgehead atoms. The lowest BCUT2D eigenvalue weighted by atomic mass is 10.0. The molecule has 2 fully saturated rings. The molecule has 76 valence electrons. The van der Waals surface area contributed by atoms with Crippen LogP contribution in [0.5, 0.6) is 0 Å². The van der Waals surface area contributed by atoms with Crippen LogP contribution in [0.1, 0.15) is 20.3 Å². The van der Waals surface area contributed by atoms with Gasteiger partial charge in [-0.25, -0.2) is 0 Å². The summed E-state index contributed by atoms with van der Waals surface area (Å²) in [7, 11) is 0. The molecule has 0 aromatic rings. The van der Waals surface area contributed by atoms with Crippen molar-refractivity contribution in [2.45, 2.75) is 44.4 Å². The average Bonchev–Trinajstić information content (AvgIpc) is 2.37. The van der Waals surface area contributed by atoms with Gasteiger partial charge in [0.25, 0.3) is 0 Å². The molecule has 0 amide bonds. The van der Waals surface area contributed by atoms with E-state index in [-0.39, 0.29) is 24.9 Å². The Balaban J connectivity index is 2.08. The van der Waals surface area contributed by atoms with E-state index in [2.05, 4.69) is 0 Å². The van der Waals surface area contributed by atoms with Gasteiger partial charge in [-0.15, -0.1) is 0 Å². The lowest BCUT2D eigenvalue weighted by Crippen LogP contribution is -2.44. The number of hydrogen-bond donors (Lipinski definition) is 1. The monoisotopic (exact) mass is 188 g/mol. The van der Waals surface area contributed by atoms with Crippen molar-refractivity contribution in [3.8, 4) is 0 Å². The Labute approximate surface area is 77.8 Å². The van der Waals surface area contributed by atoms with Gasteiger partial charge in [0.1, 0.15) is 12.2 Å². The van der Waals surface area contributed by atoms with Crippen LogP contribution in [-0.4, -0.2) is 42.4 Å². The minimum absolute atomic E-state index is 0.000602. The number of aliphatic hydroxyl groups excluding tert-OH is 1. The molecule has 2 aliphatic heterocycles. The average molecular weight is 188 g/mol. The molecule has 4 nitrogen and oxygen atoms in total. The van der Waals surface area contributed by atoms with Gasteiger partial charge in [-0.3, -0.25) is 0 Å². The van der Waals surface area contributed by atoms with Crippen LogP contribution < -0.4 is 0 Å². The summed E-state index contributed by atoms with van der Waals surface area (Å²) in [5, 5.41) is 9.05. The Bertz CT molecular complexity index is 192. The molecule has 2 heterocycles. The predicted octanol–water partition coefficient (Wildman–Crippen LogP) is 0.288. The van der Waals surface area contributed by atoms with Gasteiger partial charge in [-0.05, 0) is 20.3 Å². The smallest absolute Gasteiger partial charge is 0.163 e. The summed E-state index contributed by atoms with van der Waals surface area (Å²) in [4.78, 5) is 0. The molecule has 3 atom stereocenters. The minimum atomic E-state index is -0.531. The van der Waals surface area contributed by atoms with Crippen LogP contribution in [0, 0.1) is 0 Å². The first-order valence-electron chi connectivity index (χ1n) is 4.70. The minimum Gasteiger partial charge on any atom is -0.394 e. The second-order valence-electron chi connectivity index (χ2n) is 4.02. The third-order valence-corrected chi connectivity index (χ3v) is 2.50. The summed E-state index contributed by atoms with van der Waals surface area (Å²) in [6.45, 7) is 4.42. The van der Waals surface area contributed by atoms with Crippen molar-refractivity contribution >= 4 is 0 Å². The standard InChI is InChI=1S/C9H16O4/c1-9(2)12-6-3-4-11-7(5-10)8(6)13-9/h6-8,10H,3-5H2,1-2H3/t6-,7-,8-/m1/s1. The van der Waals surface area contributed by atoms with Crippen LogP contribution >= 0.6 is 0 Å². The van der Waals surface area contributed by atoms with Crippen molar-refractivity contribution in [1.29, 1.82) is 0 Å². The summed E-state index contributed by atoms with van der Waals surface area (Å²) in [6, 6.07) is 0. The van der Waals surface area contributed by atoms with E-state index in [0.29, 0.717) is 6.61 Å². The Morgan fingerprint density at radius 3 is 2.85 bits per heavy atom. The number of rotatable bonds is 1. The zero-order valence-electron chi connectivity index (χ0n) is 8.03. The summed E-state index contributed by atoms with van der Waals surface area (Å²) in [5.74, 6) is -0.531. The van der Waals surface area contributed by atoms with Gasteiger partial charge in [-0.1, -0.05) is 0 Å². The molecule has 0 aromatic heterocycles. The van der Waals surface area contributed by atoms with Gasteiger partial charge in [0.05, 0.1) is 12.7 Å².